The number of aromatic nitrogens is 1. The summed E-state index contributed by atoms with van der Waals surface area (Å²) in [7, 11) is 0. The summed E-state index contributed by atoms with van der Waals surface area (Å²) in [5, 5.41) is 0.518. The molecule has 4 rings (SSSR count). The van der Waals surface area contributed by atoms with Gasteiger partial charge in [-0.05, 0) is 37.1 Å². The van der Waals surface area contributed by atoms with Crippen LogP contribution in [0.15, 0.2) is 30.3 Å². The minimum atomic E-state index is -0.871. The second-order valence-electron chi connectivity index (χ2n) is 7.41. The fourth-order valence-electron chi connectivity index (χ4n) is 3.52. The minimum Gasteiger partial charge on any atom is -0.379 e. The molecular weight excluding hydrogens is 408 g/mol. The SMILES string of the molecule is Cc1ccc(C)c2sc(N(CCN3CCOCC3)C(=O)c3ccc(F)cc3F)nc12. The Morgan fingerprint density at radius 1 is 1.17 bits per heavy atom. The highest BCUT2D eigenvalue weighted by Crippen LogP contribution is 2.34. The summed E-state index contributed by atoms with van der Waals surface area (Å²) in [6.07, 6.45) is 0. The lowest BCUT2D eigenvalue weighted by atomic mass is 10.1. The van der Waals surface area contributed by atoms with Crippen molar-refractivity contribution in [3.05, 3.63) is 58.7 Å². The predicted octanol–water partition coefficient (Wildman–Crippen LogP) is 4.17. The molecule has 1 saturated heterocycles. The number of nitrogens with zero attached hydrogens (tertiary/aromatic N) is 3. The van der Waals surface area contributed by atoms with Crippen LogP contribution < -0.4 is 4.90 Å². The topological polar surface area (TPSA) is 45.7 Å². The van der Waals surface area contributed by atoms with Crippen molar-refractivity contribution >= 4 is 32.6 Å². The number of halogens is 2. The van der Waals surface area contributed by atoms with E-state index in [1.54, 1.807) is 0 Å². The van der Waals surface area contributed by atoms with Gasteiger partial charge in [0.1, 0.15) is 11.6 Å². The maximum Gasteiger partial charge on any atom is 0.263 e. The van der Waals surface area contributed by atoms with Gasteiger partial charge in [0.25, 0.3) is 5.91 Å². The number of amides is 1. The second kappa shape index (κ2) is 8.75. The van der Waals surface area contributed by atoms with Crippen LogP contribution in [-0.4, -0.2) is 55.2 Å². The van der Waals surface area contributed by atoms with Crippen LogP contribution >= 0.6 is 11.3 Å². The largest absolute Gasteiger partial charge is 0.379 e. The number of hydrogen-bond donors (Lipinski definition) is 0. The van der Waals surface area contributed by atoms with Gasteiger partial charge in [-0.3, -0.25) is 14.6 Å². The first-order valence-electron chi connectivity index (χ1n) is 9.88. The quantitative estimate of drug-likeness (QED) is 0.608. The molecule has 3 aromatic rings. The molecule has 1 aliphatic heterocycles. The summed E-state index contributed by atoms with van der Waals surface area (Å²) in [4.78, 5) is 21.7. The number of anilines is 1. The average molecular weight is 432 g/mol. The molecule has 1 aliphatic rings. The smallest absolute Gasteiger partial charge is 0.263 e. The number of thiazole rings is 1. The first kappa shape index (κ1) is 20.8. The summed E-state index contributed by atoms with van der Waals surface area (Å²) >= 11 is 1.42. The van der Waals surface area contributed by atoms with E-state index < -0.39 is 17.5 Å². The number of carbonyl (C=O) groups excluding carboxylic acids is 1. The van der Waals surface area contributed by atoms with Crippen molar-refractivity contribution in [3.63, 3.8) is 0 Å². The zero-order chi connectivity index (χ0) is 21.3. The summed E-state index contributed by atoms with van der Waals surface area (Å²) < 4.78 is 34.1. The van der Waals surface area contributed by atoms with Gasteiger partial charge in [-0.25, -0.2) is 13.8 Å². The van der Waals surface area contributed by atoms with E-state index in [1.165, 1.54) is 22.3 Å². The van der Waals surface area contributed by atoms with E-state index in [0.29, 0.717) is 31.4 Å². The Labute approximate surface area is 177 Å². The van der Waals surface area contributed by atoms with Crippen LogP contribution in [0.4, 0.5) is 13.9 Å². The Balaban J connectivity index is 1.70. The van der Waals surface area contributed by atoms with Crippen molar-refractivity contribution in [3.8, 4) is 0 Å². The lowest BCUT2D eigenvalue weighted by molar-refractivity contribution is 0.0391. The number of rotatable bonds is 5. The third-order valence-electron chi connectivity index (χ3n) is 5.31. The van der Waals surface area contributed by atoms with Gasteiger partial charge in [0.15, 0.2) is 5.13 Å². The summed E-state index contributed by atoms with van der Waals surface area (Å²) in [5.41, 5.74) is 2.78. The maximum atomic E-state index is 14.4. The zero-order valence-electron chi connectivity index (χ0n) is 17.0. The predicted molar refractivity (Wildman–Crippen MR) is 114 cm³/mol. The van der Waals surface area contributed by atoms with Crippen LogP contribution in [0.2, 0.25) is 0 Å². The molecule has 30 heavy (non-hydrogen) atoms. The molecule has 0 spiro atoms. The Morgan fingerprint density at radius 2 is 1.90 bits per heavy atom. The van der Waals surface area contributed by atoms with E-state index in [9.17, 15) is 13.6 Å². The average Bonchev–Trinajstić information content (AvgIpc) is 3.18. The van der Waals surface area contributed by atoms with Crippen molar-refractivity contribution in [1.29, 1.82) is 0 Å². The van der Waals surface area contributed by atoms with Gasteiger partial charge in [-0.1, -0.05) is 23.5 Å². The van der Waals surface area contributed by atoms with Crippen LogP contribution in [0.1, 0.15) is 21.5 Å². The molecule has 0 saturated carbocycles. The molecule has 0 unspecified atom stereocenters. The second-order valence-corrected chi connectivity index (χ2v) is 8.39. The van der Waals surface area contributed by atoms with Crippen molar-refractivity contribution in [2.45, 2.75) is 13.8 Å². The van der Waals surface area contributed by atoms with E-state index in [-0.39, 0.29) is 5.56 Å². The van der Waals surface area contributed by atoms with Gasteiger partial charge < -0.3 is 4.74 Å². The van der Waals surface area contributed by atoms with Gasteiger partial charge in [-0.2, -0.15) is 0 Å². The molecule has 0 bridgehead atoms. The third kappa shape index (κ3) is 4.21. The van der Waals surface area contributed by atoms with Crippen molar-refractivity contribution in [2.75, 3.05) is 44.3 Å². The van der Waals surface area contributed by atoms with E-state index in [4.69, 9.17) is 9.72 Å². The number of aryl methyl sites for hydroxylation is 2. The first-order valence-corrected chi connectivity index (χ1v) is 10.7. The number of benzene rings is 2. The number of carbonyl (C=O) groups is 1. The Morgan fingerprint density at radius 3 is 2.60 bits per heavy atom. The number of morpholine rings is 1. The van der Waals surface area contributed by atoms with Crippen molar-refractivity contribution < 1.29 is 18.3 Å². The Hall–Kier alpha value is -2.42. The fraction of sp³-hybridized carbons (Fsp3) is 0.364. The molecule has 8 heteroatoms. The van der Waals surface area contributed by atoms with Gasteiger partial charge in [-0.15, -0.1) is 0 Å². The highest BCUT2D eigenvalue weighted by molar-refractivity contribution is 7.22. The highest BCUT2D eigenvalue weighted by atomic mass is 32.1. The molecule has 1 aromatic heterocycles. The highest BCUT2D eigenvalue weighted by Gasteiger charge is 2.25. The zero-order valence-corrected chi connectivity index (χ0v) is 17.8. The number of ether oxygens (including phenoxy) is 1. The summed E-state index contributed by atoms with van der Waals surface area (Å²) in [6.45, 7) is 7.82. The third-order valence-corrected chi connectivity index (χ3v) is 6.53. The molecule has 2 heterocycles. The minimum absolute atomic E-state index is 0.161. The molecule has 0 radical (unpaired) electrons. The summed E-state index contributed by atoms with van der Waals surface area (Å²) in [5.74, 6) is -2.10. The van der Waals surface area contributed by atoms with E-state index >= 15 is 0 Å². The molecule has 0 aliphatic carbocycles. The first-order chi connectivity index (χ1) is 14.4. The van der Waals surface area contributed by atoms with E-state index in [2.05, 4.69) is 4.90 Å². The number of hydrogen-bond acceptors (Lipinski definition) is 5. The van der Waals surface area contributed by atoms with Gasteiger partial charge in [0.2, 0.25) is 0 Å². The maximum absolute atomic E-state index is 14.4. The van der Waals surface area contributed by atoms with Crippen LogP contribution in [-0.2, 0) is 4.74 Å². The monoisotopic (exact) mass is 431 g/mol. The van der Waals surface area contributed by atoms with E-state index in [0.717, 1.165) is 46.6 Å². The van der Waals surface area contributed by atoms with Crippen LogP contribution in [0, 0.1) is 25.5 Å². The molecule has 5 nitrogen and oxygen atoms in total. The summed E-state index contributed by atoms with van der Waals surface area (Å²) in [6, 6.07) is 7.06. The Kier molecular flexibility index (Phi) is 6.08. The molecule has 1 amide bonds. The van der Waals surface area contributed by atoms with Gasteiger partial charge in [0.05, 0.1) is 29.0 Å². The fourth-order valence-corrected chi connectivity index (χ4v) is 4.66. The van der Waals surface area contributed by atoms with Crippen LogP contribution in [0.5, 0.6) is 0 Å². The lowest BCUT2D eigenvalue weighted by Crippen LogP contribution is -2.43. The normalized spacial score (nSPS) is 14.9. The van der Waals surface area contributed by atoms with Crippen molar-refractivity contribution in [1.82, 2.24) is 9.88 Å². The number of fused-ring (bicyclic) bond motifs is 1. The van der Waals surface area contributed by atoms with Crippen LogP contribution in [0.3, 0.4) is 0 Å². The molecular formula is C22H23F2N3O2S. The molecule has 2 aromatic carbocycles. The van der Waals surface area contributed by atoms with Gasteiger partial charge >= 0.3 is 0 Å². The standard InChI is InChI=1S/C22H23F2N3O2S/c1-14-3-4-15(2)20-19(14)25-22(30-20)27(8-7-26-9-11-29-12-10-26)21(28)17-6-5-16(23)13-18(17)24/h3-6,13H,7-12H2,1-2H3. The Bertz CT molecular complexity index is 1040. The lowest BCUT2D eigenvalue weighted by Gasteiger charge is -2.29. The molecule has 158 valence electrons. The molecule has 1 fully saturated rings. The van der Waals surface area contributed by atoms with Crippen molar-refractivity contribution in [2.24, 2.45) is 0 Å². The van der Waals surface area contributed by atoms with E-state index in [1.807, 2.05) is 26.0 Å². The molecule has 0 N–H and O–H groups in total. The molecule has 0 atom stereocenters. The van der Waals surface area contributed by atoms with Gasteiger partial charge in [0, 0.05) is 32.2 Å². The van der Waals surface area contributed by atoms with Crippen LogP contribution in [0.25, 0.3) is 10.2 Å².